The molecule has 1 aliphatic rings. The van der Waals surface area contributed by atoms with Crippen LogP contribution in [0.2, 0.25) is 0 Å². The maximum absolute atomic E-state index is 12.4. The molecule has 114 valence electrons. The number of rotatable bonds is 3. The highest BCUT2D eigenvalue weighted by atomic mass is 16.5. The van der Waals surface area contributed by atoms with Crippen molar-refractivity contribution in [3.05, 3.63) is 53.1 Å². The van der Waals surface area contributed by atoms with Crippen molar-refractivity contribution in [3.63, 3.8) is 0 Å². The molecule has 0 heterocycles. The molecule has 0 saturated carbocycles. The first-order valence-electron chi connectivity index (χ1n) is 7.54. The highest BCUT2D eigenvalue weighted by Gasteiger charge is 2.14. The van der Waals surface area contributed by atoms with Gasteiger partial charge in [-0.05, 0) is 61.1 Å². The number of anilines is 2. The van der Waals surface area contributed by atoms with Gasteiger partial charge in [0.15, 0.2) is 0 Å². The van der Waals surface area contributed by atoms with Gasteiger partial charge >= 0.3 is 0 Å². The van der Waals surface area contributed by atoms with Gasteiger partial charge in [-0.25, -0.2) is 0 Å². The molecule has 0 radical (unpaired) electrons. The molecule has 4 nitrogen and oxygen atoms in total. The summed E-state index contributed by atoms with van der Waals surface area (Å²) in [5.41, 5.74) is 10.3. The lowest BCUT2D eigenvalue weighted by Gasteiger charge is -2.16. The highest BCUT2D eigenvalue weighted by molar-refractivity contribution is 6.06. The van der Waals surface area contributed by atoms with E-state index in [1.807, 2.05) is 12.1 Å². The maximum Gasteiger partial charge on any atom is 0.255 e. The molecule has 0 saturated heterocycles. The van der Waals surface area contributed by atoms with Gasteiger partial charge in [0.05, 0.1) is 18.5 Å². The average molecular weight is 296 g/mol. The van der Waals surface area contributed by atoms with Gasteiger partial charge in [-0.15, -0.1) is 0 Å². The number of fused-ring (bicyclic) bond motifs is 1. The van der Waals surface area contributed by atoms with Gasteiger partial charge in [0, 0.05) is 11.6 Å². The van der Waals surface area contributed by atoms with Crippen LogP contribution in [0.4, 0.5) is 11.4 Å². The van der Waals surface area contributed by atoms with Crippen molar-refractivity contribution in [2.75, 3.05) is 18.2 Å². The molecule has 4 heteroatoms. The third kappa shape index (κ3) is 2.91. The van der Waals surface area contributed by atoms with Gasteiger partial charge in [-0.1, -0.05) is 6.07 Å². The summed E-state index contributed by atoms with van der Waals surface area (Å²) in [5.74, 6) is 0.517. The van der Waals surface area contributed by atoms with Crippen molar-refractivity contribution < 1.29 is 9.53 Å². The number of methoxy groups -OCH3 is 1. The zero-order chi connectivity index (χ0) is 15.5. The van der Waals surface area contributed by atoms with Crippen LogP contribution in [-0.2, 0) is 12.8 Å². The highest BCUT2D eigenvalue weighted by Crippen LogP contribution is 2.26. The van der Waals surface area contributed by atoms with E-state index >= 15 is 0 Å². The van der Waals surface area contributed by atoms with Gasteiger partial charge in [0.1, 0.15) is 5.75 Å². The van der Waals surface area contributed by atoms with Crippen LogP contribution >= 0.6 is 0 Å². The third-order valence-electron chi connectivity index (χ3n) is 4.12. The normalized spacial score (nSPS) is 13.3. The Balaban J connectivity index is 1.82. The van der Waals surface area contributed by atoms with Crippen LogP contribution in [0, 0.1) is 0 Å². The van der Waals surface area contributed by atoms with Crippen molar-refractivity contribution in [2.24, 2.45) is 0 Å². The summed E-state index contributed by atoms with van der Waals surface area (Å²) in [7, 11) is 1.58. The molecular formula is C18H20N2O2. The van der Waals surface area contributed by atoms with Gasteiger partial charge in [-0.2, -0.15) is 0 Å². The second-order valence-corrected chi connectivity index (χ2v) is 5.60. The summed E-state index contributed by atoms with van der Waals surface area (Å²) in [4.78, 5) is 12.4. The fourth-order valence-electron chi connectivity index (χ4n) is 2.84. The van der Waals surface area contributed by atoms with Crippen molar-refractivity contribution in [1.29, 1.82) is 0 Å². The fourth-order valence-corrected chi connectivity index (χ4v) is 2.84. The minimum absolute atomic E-state index is 0.145. The lowest BCUT2D eigenvalue weighted by molar-refractivity contribution is 0.102. The minimum Gasteiger partial charge on any atom is -0.497 e. The third-order valence-corrected chi connectivity index (χ3v) is 4.12. The number of aryl methyl sites for hydroxylation is 2. The topological polar surface area (TPSA) is 64.3 Å². The average Bonchev–Trinajstić information content (AvgIpc) is 2.56. The first-order chi connectivity index (χ1) is 10.7. The molecule has 0 aliphatic heterocycles. The van der Waals surface area contributed by atoms with Crippen molar-refractivity contribution in [1.82, 2.24) is 0 Å². The smallest absolute Gasteiger partial charge is 0.255 e. The summed E-state index contributed by atoms with van der Waals surface area (Å²) in [6.07, 6.45) is 4.59. The lowest BCUT2D eigenvalue weighted by Crippen LogP contribution is -2.14. The Kier molecular flexibility index (Phi) is 4.00. The van der Waals surface area contributed by atoms with Crippen molar-refractivity contribution >= 4 is 17.3 Å². The molecule has 0 atom stereocenters. The van der Waals surface area contributed by atoms with Crippen LogP contribution in [-0.4, -0.2) is 13.0 Å². The van der Waals surface area contributed by atoms with E-state index in [4.69, 9.17) is 10.5 Å². The SMILES string of the molecule is COc1ccc(N)c(NC(=O)c2ccc3c(c2)CCCC3)c1. The largest absolute Gasteiger partial charge is 0.497 e. The number of hydrogen-bond donors (Lipinski definition) is 2. The Morgan fingerprint density at radius 2 is 1.86 bits per heavy atom. The molecule has 2 aromatic carbocycles. The predicted molar refractivity (Wildman–Crippen MR) is 88.4 cm³/mol. The van der Waals surface area contributed by atoms with Gasteiger partial charge < -0.3 is 15.8 Å². The Morgan fingerprint density at radius 3 is 2.64 bits per heavy atom. The molecule has 0 aromatic heterocycles. The van der Waals surface area contributed by atoms with E-state index in [2.05, 4.69) is 11.4 Å². The zero-order valence-corrected chi connectivity index (χ0v) is 12.7. The molecule has 1 aliphatic carbocycles. The van der Waals surface area contributed by atoms with Crippen LogP contribution < -0.4 is 15.8 Å². The number of nitrogens with two attached hydrogens (primary N) is 1. The van der Waals surface area contributed by atoms with Gasteiger partial charge in [0.25, 0.3) is 5.91 Å². The monoisotopic (exact) mass is 296 g/mol. The summed E-state index contributed by atoms with van der Waals surface area (Å²) in [6.45, 7) is 0. The molecule has 0 unspecified atom stereocenters. The number of carbonyl (C=O) groups is 1. The first-order valence-corrected chi connectivity index (χ1v) is 7.54. The Morgan fingerprint density at radius 1 is 1.09 bits per heavy atom. The molecular weight excluding hydrogens is 276 g/mol. The number of carbonyl (C=O) groups excluding carboxylic acids is 1. The second kappa shape index (κ2) is 6.10. The zero-order valence-electron chi connectivity index (χ0n) is 12.7. The van der Waals surface area contributed by atoms with E-state index in [1.54, 1.807) is 25.3 Å². The lowest BCUT2D eigenvalue weighted by atomic mass is 9.90. The van der Waals surface area contributed by atoms with E-state index in [0.717, 1.165) is 12.8 Å². The van der Waals surface area contributed by atoms with E-state index in [9.17, 15) is 4.79 Å². The molecule has 2 aromatic rings. The van der Waals surface area contributed by atoms with Crippen LogP contribution in [0.3, 0.4) is 0 Å². The summed E-state index contributed by atoms with van der Waals surface area (Å²) in [5, 5.41) is 2.86. The molecule has 22 heavy (non-hydrogen) atoms. The van der Waals surface area contributed by atoms with Crippen LogP contribution in [0.5, 0.6) is 5.75 Å². The van der Waals surface area contributed by atoms with Crippen molar-refractivity contribution in [2.45, 2.75) is 25.7 Å². The van der Waals surface area contributed by atoms with Crippen LogP contribution in [0.15, 0.2) is 36.4 Å². The second-order valence-electron chi connectivity index (χ2n) is 5.60. The summed E-state index contributed by atoms with van der Waals surface area (Å²) in [6, 6.07) is 11.2. The fraction of sp³-hybridized carbons (Fsp3) is 0.278. The van der Waals surface area contributed by atoms with E-state index in [-0.39, 0.29) is 5.91 Å². The first kappa shape index (κ1) is 14.4. The number of benzene rings is 2. The number of nitrogen functional groups attached to an aromatic ring is 1. The Labute approximate surface area is 130 Å². The van der Waals surface area contributed by atoms with E-state index < -0.39 is 0 Å². The van der Waals surface area contributed by atoms with E-state index in [1.165, 1.54) is 24.0 Å². The molecule has 0 fully saturated rings. The Hall–Kier alpha value is -2.49. The Bertz CT molecular complexity index is 710. The van der Waals surface area contributed by atoms with Gasteiger partial charge in [0.2, 0.25) is 0 Å². The van der Waals surface area contributed by atoms with Crippen molar-refractivity contribution in [3.8, 4) is 5.75 Å². The van der Waals surface area contributed by atoms with Crippen LogP contribution in [0.1, 0.15) is 34.3 Å². The maximum atomic E-state index is 12.4. The molecule has 3 rings (SSSR count). The standard InChI is InChI=1S/C18H20N2O2/c1-22-15-8-9-16(19)17(11-15)20-18(21)14-7-6-12-4-2-3-5-13(12)10-14/h6-11H,2-5,19H2,1H3,(H,20,21). The molecule has 1 amide bonds. The molecule has 3 N–H and O–H groups in total. The molecule has 0 bridgehead atoms. The summed E-state index contributed by atoms with van der Waals surface area (Å²) >= 11 is 0. The predicted octanol–water partition coefficient (Wildman–Crippen LogP) is 3.41. The summed E-state index contributed by atoms with van der Waals surface area (Å²) < 4.78 is 5.16. The number of amides is 1. The van der Waals surface area contributed by atoms with Gasteiger partial charge in [-0.3, -0.25) is 4.79 Å². The number of nitrogens with one attached hydrogen (secondary N) is 1. The number of ether oxygens (including phenoxy) is 1. The van der Waals surface area contributed by atoms with Crippen LogP contribution in [0.25, 0.3) is 0 Å². The van der Waals surface area contributed by atoms with E-state index in [0.29, 0.717) is 22.7 Å². The molecule has 0 spiro atoms. The number of hydrogen-bond acceptors (Lipinski definition) is 3. The minimum atomic E-state index is -0.145. The quantitative estimate of drug-likeness (QED) is 0.853.